The summed E-state index contributed by atoms with van der Waals surface area (Å²) in [5.41, 5.74) is 4.65. The minimum Gasteiger partial charge on any atom is -0.748 e. The van der Waals surface area contributed by atoms with E-state index in [1.165, 1.54) is 106 Å². The molecule has 4 aromatic heterocycles. The largest absolute Gasteiger partial charge is 0.748 e. The van der Waals surface area contributed by atoms with E-state index in [4.69, 9.17) is 44.5 Å². The van der Waals surface area contributed by atoms with Crippen LogP contribution >= 0.6 is 0 Å². The molecule has 0 spiro atoms. The summed E-state index contributed by atoms with van der Waals surface area (Å²) in [4.78, 5) is 12.6. The van der Waals surface area contributed by atoms with E-state index in [1.54, 1.807) is 14.2 Å². The Morgan fingerprint density at radius 1 is 0.527 bits per heavy atom. The highest BCUT2D eigenvalue weighted by atomic mass is 32.2. The molecule has 0 unspecified atom stereocenters. The number of pyridine rings is 2. The predicted octanol–water partition coefficient (Wildman–Crippen LogP) is 5.31. The number of likely N-dealkylation sites (tertiary alicyclic amines) is 2. The lowest BCUT2D eigenvalue weighted by atomic mass is 9.79. The molecule has 4 N–H and O–H groups in total. The van der Waals surface area contributed by atoms with E-state index in [0.717, 1.165) is 60.5 Å². The Morgan fingerprint density at radius 2 is 0.838 bits per heavy atom. The summed E-state index contributed by atoms with van der Waals surface area (Å²) < 4.78 is 122. The van der Waals surface area contributed by atoms with Crippen molar-refractivity contribution in [3.05, 3.63) is 97.6 Å². The third-order valence-electron chi connectivity index (χ3n) is 12.9. The number of piperidine rings is 2. The zero-order valence-electron chi connectivity index (χ0n) is 42.1. The second kappa shape index (κ2) is 24.4. The molecule has 20 nitrogen and oxygen atoms in total. The second-order valence-corrected chi connectivity index (χ2v) is 24.4. The molecule has 8 aromatic rings. The van der Waals surface area contributed by atoms with E-state index in [-0.39, 0.29) is 0 Å². The average Bonchev–Trinajstić information content (AvgIpc) is 3.89. The van der Waals surface area contributed by atoms with Crippen molar-refractivity contribution in [2.75, 3.05) is 78.5 Å². The van der Waals surface area contributed by atoms with Crippen molar-refractivity contribution >= 4 is 106 Å². The molecule has 2 saturated heterocycles. The van der Waals surface area contributed by atoms with Gasteiger partial charge in [-0.05, 0) is 123 Å². The summed E-state index contributed by atoms with van der Waals surface area (Å²) in [5.74, 6) is 3.53. The van der Waals surface area contributed by atoms with Crippen LogP contribution in [-0.4, -0.2) is 150 Å². The topological polar surface area (TPSA) is 287 Å². The lowest BCUT2D eigenvalue weighted by Gasteiger charge is -2.39. The Bertz CT molecular complexity index is 3370. The number of nitrogens with zero attached hydrogens (tertiary/aromatic N) is 4. The molecule has 10 rings (SSSR count). The van der Waals surface area contributed by atoms with Crippen molar-refractivity contribution < 1.29 is 70.5 Å². The van der Waals surface area contributed by atoms with Crippen LogP contribution < -0.4 is 18.6 Å². The van der Waals surface area contributed by atoms with Crippen LogP contribution in [-0.2, 0) is 53.6 Å². The van der Waals surface area contributed by atoms with E-state index >= 15 is 0 Å². The zero-order chi connectivity index (χ0) is 54.2. The predicted molar refractivity (Wildman–Crippen MR) is 285 cm³/mol. The Balaban J connectivity index is 0.000000382. The lowest BCUT2D eigenvalue weighted by molar-refractivity contribution is -0.695. The number of methoxy groups -OCH3 is 2. The minimum absolute atomic E-state index is 0.604. The number of rotatable bonds is 9. The van der Waals surface area contributed by atoms with E-state index in [2.05, 4.69) is 114 Å². The van der Waals surface area contributed by atoms with Crippen LogP contribution in [0.3, 0.4) is 0 Å². The average molecular weight is 1100 g/mol. The number of ether oxygens (including phenoxy) is 2. The molecule has 0 atom stereocenters. The third-order valence-corrected chi connectivity index (χ3v) is 12.9. The molecule has 2 aliphatic rings. The zero-order valence-corrected chi connectivity index (χ0v) is 45.4. The highest BCUT2D eigenvalue weighted by Crippen LogP contribution is 2.36. The van der Waals surface area contributed by atoms with Crippen molar-refractivity contribution in [2.45, 2.75) is 38.8 Å². The summed E-state index contributed by atoms with van der Waals surface area (Å²) in [5, 5.41) is 10.1. The first kappa shape index (κ1) is 57.7. The molecule has 0 radical (unpaired) electrons. The van der Waals surface area contributed by atoms with Crippen LogP contribution in [0.25, 0.3) is 65.2 Å². The number of fused-ring (bicyclic) bond motifs is 10. The van der Waals surface area contributed by atoms with Gasteiger partial charge in [0.1, 0.15) is 11.5 Å². The molecule has 2 aliphatic heterocycles. The first-order chi connectivity index (χ1) is 34.6. The van der Waals surface area contributed by atoms with Gasteiger partial charge in [-0.3, -0.25) is 18.9 Å². The second-order valence-electron chi connectivity index (χ2n) is 18.7. The molecule has 2 fully saturated rings. The number of aromatic nitrogens is 4. The number of hydrogen-bond donors (Lipinski definition) is 4. The maximum atomic E-state index is 9.19. The summed E-state index contributed by atoms with van der Waals surface area (Å²) in [6.07, 6.45) is 17.2. The first-order valence-electron chi connectivity index (χ1n) is 23.5. The van der Waals surface area contributed by atoms with Crippen molar-refractivity contribution in [3.63, 3.8) is 0 Å². The van der Waals surface area contributed by atoms with Crippen LogP contribution in [0.5, 0.6) is 11.5 Å². The molecule has 24 heteroatoms. The molecule has 4 aromatic carbocycles. The van der Waals surface area contributed by atoms with Crippen molar-refractivity contribution in [1.29, 1.82) is 0 Å². The molecule has 74 heavy (non-hydrogen) atoms. The normalized spacial score (nSPS) is 15.4. The molecule has 402 valence electrons. The standard InChI is InChI=1S/C46H48N6O2.4CH4O3S/c1-53-35-5-9-41-37(27-35)45-39-29-51(21-15-33(39)3-7-43(45)47-41)25-23-49-17-11-31(12-18-49)32-13-19-50(20-14-32)24-26-52-22-16-34-4-8-44-46(40(34)30-52)38-28-36(54-2)6-10-42(38)48-44;4*1-5(2,3)4/h3-10,15-16,21-22,27-32H,11-14,17-20,23-26H2,1-2H3;4*1H3,(H,2,3,4). The van der Waals surface area contributed by atoms with Crippen molar-refractivity contribution in [1.82, 2.24) is 19.8 Å². The van der Waals surface area contributed by atoms with Gasteiger partial charge in [-0.15, -0.1) is 0 Å². The van der Waals surface area contributed by atoms with Gasteiger partial charge in [0.2, 0.25) is 0 Å². The highest BCUT2D eigenvalue weighted by Gasteiger charge is 2.30. The van der Waals surface area contributed by atoms with E-state index < -0.39 is 40.5 Å². The van der Waals surface area contributed by atoms with Crippen LogP contribution in [0.15, 0.2) is 97.6 Å². The Labute approximate surface area is 431 Å². The van der Waals surface area contributed by atoms with Crippen molar-refractivity contribution in [3.8, 4) is 11.5 Å². The van der Waals surface area contributed by atoms with Gasteiger partial charge in [-0.2, -0.15) is 16.8 Å². The maximum absolute atomic E-state index is 9.19. The first-order valence-corrected chi connectivity index (χ1v) is 30.9. The van der Waals surface area contributed by atoms with Crippen molar-refractivity contribution in [2.24, 2.45) is 11.8 Å². The lowest BCUT2D eigenvalue weighted by Crippen LogP contribution is -2.46. The van der Waals surface area contributed by atoms with Crippen LogP contribution in [0.4, 0.5) is 0 Å². The SMILES string of the molecule is COc1ccc2[nH]c3ccc4cc[n+](CCN5CCC(C6CCN(CC[n+]7ccc8ccc9[nH]c%10ccc(OC)cc%10c9c8c7)CC6)CC5)cc4c3c2c1.CS(=O)(=O)O.CS(=O)(=O)O.CS(=O)(=O)[O-].CS(=O)(=O)[O-]. The number of aromatic amines is 2. The van der Waals surface area contributed by atoms with Gasteiger partial charge in [0, 0.05) is 68.3 Å². The van der Waals surface area contributed by atoms with Crippen LogP contribution in [0, 0.1) is 11.8 Å². The molecule has 0 amide bonds. The summed E-state index contributed by atoms with van der Waals surface area (Å²) >= 11 is 0. The van der Waals surface area contributed by atoms with Gasteiger partial charge in [0.15, 0.2) is 37.9 Å². The summed E-state index contributed by atoms with van der Waals surface area (Å²) in [6.45, 7) is 9.12. The smallest absolute Gasteiger partial charge is 0.261 e. The van der Waals surface area contributed by atoms with Gasteiger partial charge in [0.25, 0.3) is 20.2 Å². The fourth-order valence-electron chi connectivity index (χ4n) is 9.71. The fourth-order valence-corrected chi connectivity index (χ4v) is 9.71. The van der Waals surface area contributed by atoms with Gasteiger partial charge >= 0.3 is 0 Å². The molecular formula is C50H64N6O14S4. The van der Waals surface area contributed by atoms with E-state index in [1.807, 2.05) is 12.1 Å². The molecule has 0 aliphatic carbocycles. The Kier molecular flexibility index (Phi) is 19.1. The van der Waals surface area contributed by atoms with Gasteiger partial charge in [-0.1, -0.05) is 12.1 Å². The number of benzene rings is 4. The van der Waals surface area contributed by atoms with E-state index in [0.29, 0.717) is 25.0 Å². The Morgan fingerprint density at radius 3 is 1.15 bits per heavy atom. The van der Waals surface area contributed by atoms with Crippen LogP contribution in [0.1, 0.15) is 25.7 Å². The highest BCUT2D eigenvalue weighted by molar-refractivity contribution is 7.85. The number of hydrogen-bond acceptors (Lipinski definition) is 14. The molecule has 0 saturated carbocycles. The van der Waals surface area contributed by atoms with Gasteiger partial charge in [-0.25, -0.2) is 26.0 Å². The van der Waals surface area contributed by atoms with E-state index in [9.17, 15) is 16.8 Å². The molecular weight excluding hydrogens is 1040 g/mol. The summed E-state index contributed by atoms with van der Waals surface area (Å²) in [6, 6.07) is 26.0. The number of nitrogens with one attached hydrogen (secondary N) is 2. The number of H-pyrrole nitrogens is 2. The minimum atomic E-state index is -3.92. The third kappa shape index (κ3) is 17.8. The van der Waals surface area contributed by atoms with Crippen LogP contribution in [0.2, 0.25) is 0 Å². The molecule has 0 bridgehead atoms. The monoisotopic (exact) mass is 1100 g/mol. The molecule has 6 heterocycles. The maximum Gasteiger partial charge on any atom is 0.261 e. The Hall–Kier alpha value is -5.54. The van der Waals surface area contributed by atoms with Gasteiger partial charge < -0.3 is 28.5 Å². The summed E-state index contributed by atoms with van der Waals surface area (Å²) in [7, 11) is -11.7. The van der Waals surface area contributed by atoms with Gasteiger partial charge in [0.05, 0.1) is 70.8 Å². The fraction of sp³-hybridized carbons (Fsp3) is 0.400. The quantitative estimate of drug-likeness (QED) is 0.105.